The molecule has 0 N–H and O–H groups in total. The summed E-state index contributed by atoms with van der Waals surface area (Å²) in [5, 5.41) is 0. The molecule has 0 radical (unpaired) electrons. The first-order chi connectivity index (χ1) is 7.57. The van der Waals surface area contributed by atoms with Crippen LogP contribution in [0.2, 0.25) is 0 Å². The zero-order valence-corrected chi connectivity index (χ0v) is 9.20. The van der Waals surface area contributed by atoms with Gasteiger partial charge in [-0.3, -0.25) is 4.79 Å². The molecule has 2 aliphatic rings. The number of ether oxygens (including phenoxy) is 3. The van der Waals surface area contributed by atoms with Crippen LogP contribution in [0.1, 0.15) is 30.6 Å². The number of benzene rings is 1. The molecule has 1 aromatic carbocycles. The molecule has 4 heteroatoms. The Kier molecular flexibility index (Phi) is 1.73. The second-order valence-corrected chi connectivity index (χ2v) is 4.64. The van der Waals surface area contributed by atoms with Crippen molar-refractivity contribution >= 4 is 5.78 Å². The lowest BCUT2D eigenvalue weighted by Gasteiger charge is -2.31. The van der Waals surface area contributed by atoms with E-state index in [9.17, 15) is 4.79 Å². The third kappa shape index (κ3) is 1.26. The Labute approximate surface area is 93.1 Å². The molecular formula is C12H12O4. The van der Waals surface area contributed by atoms with Gasteiger partial charge in [-0.25, -0.2) is 0 Å². The fraction of sp³-hybridized carbons (Fsp3) is 0.417. The highest BCUT2D eigenvalue weighted by Crippen LogP contribution is 2.47. The standard InChI is InChI=1S/C12H12O4/c1-12(2)5-8(13)7-3-4-9-11(10(7)16-12)15-6-14-9/h3-4H,5-6H2,1-2H3. The molecule has 84 valence electrons. The van der Waals surface area contributed by atoms with Gasteiger partial charge >= 0.3 is 0 Å². The molecule has 3 rings (SSSR count). The average Bonchev–Trinajstić information content (AvgIpc) is 2.63. The van der Waals surface area contributed by atoms with Crippen molar-refractivity contribution in [1.82, 2.24) is 0 Å². The minimum atomic E-state index is -0.481. The van der Waals surface area contributed by atoms with Crippen molar-refractivity contribution in [3.63, 3.8) is 0 Å². The molecule has 0 spiro atoms. The molecular weight excluding hydrogens is 208 g/mol. The number of hydrogen-bond donors (Lipinski definition) is 0. The summed E-state index contributed by atoms with van der Waals surface area (Å²) in [6.45, 7) is 3.97. The summed E-state index contributed by atoms with van der Waals surface area (Å²) >= 11 is 0. The zero-order chi connectivity index (χ0) is 11.3. The maximum absolute atomic E-state index is 11.9. The molecule has 2 heterocycles. The lowest BCUT2D eigenvalue weighted by molar-refractivity contribution is 0.0595. The Morgan fingerprint density at radius 1 is 1.19 bits per heavy atom. The molecule has 0 unspecified atom stereocenters. The number of hydrogen-bond acceptors (Lipinski definition) is 4. The summed E-state index contributed by atoms with van der Waals surface area (Å²) in [5.74, 6) is 1.81. The van der Waals surface area contributed by atoms with Crippen molar-refractivity contribution in [3.8, 4) is 17.2 Å². The molecule has 0 aromatic heterocycles. The Balaban J connectivity index is 2.18. The first-order valence-electron chi connectivity index (χ1n) is 5.22. The monoisotopic (exact) mass is 220 g/mol. The Bertz CT molecular complexity index is 476. The van der Waals surface area contributed by atoms with Gasteiger partial charge in [-0.05, 0) is 26.0 Å². The lowest BCUT2D eigenvalue weighted by Crippen LogP contribution is -2.35. The van der Waals surface area contributed by atoms with E-state index in [0.717, 1.165) is 0 Å². The highest BCUT2D eigenvalue weighted by molar-refractivity contribution is 6.01. The van der Waals surface area contributed by atoms with E-state index in [1.807, 2.05) is 13.8 Å². The maximum Gasteiger partial charge on any atom is 0.231 e. The molecule has 0 saturated carbocycles. The quantitative estimate of drug-likeness (QED) is 0.672. The van der Waals surface area contributed by atoms with Crippen molar-refractivity contribution in [1.29, 1.82) is 0 Å². The van der Waals surface area contributed by atoms with E-state index < -0.39 is 5.60 Å². The maximum atomic E-state index is 11.9. The van der Waals surface area contributed by atoms with Crippen LogP contribution in [-0.2, 0) is 0 Å². The summed E-state index contributed by atoms with van der Waals surface area (Å²) in [4.78, 5) is 11.9. The van der Waals surface area contributed by atoms with Gasteiger partial charge in [0.2, 0.25) is 12.5 Å². The van der Waals surface area contributed by atoms with Gasteiger partial charge < -0.3 is 14.2 Å². The van der Waals surface area contributed by atoms with Crippen LogP contribution >= 0.6 is 0 Å². The predicted molar refractivity (Wildman–Crippen MR) is 56.2 cm³/mol. The van der Waals surface area contributed by atoms with E-state index >= 15 is 0 Å². The summed E-state index contributed by atoms with van der Waals surface area (Å²) in [6.07, 6.45) is 0.389. The first-order valence-corrected chi connectivity index (χ1v) is 5.22. The van der Waals surface area contributed by atoms with E-state index in [4.69, 9.17) is 14.2 Å². The lowest BCUT2D eigenvalue weighted by atomic mass is 9.93. The highest BCUT2D eigenvalue weighted by atomic mass is 16.7. The summed E-state index contributed by atoms with van der Waals surface area (Å²) in [6, 6.07) is 3.49. The van der Waals surface area contributed by atoms with Crippen LogP contribution in [-0.4, -0.2) is 18.2 Å². The molecule has 0 bridgehead atoms. The van der Waals surface area contributed by atoms with Crippen molar-refractivity contribution < 1.29 is 19.0 Å². The molecule has 2 aliphatic heterocycles. The van der Waals surface area contributed by atoms with Gasteiger partial charge in [0.15, 0.2) is 17.3 Å². The van der Waals surface area contributed by atoms with Gasteiger partial charge in [0, 0.05) is 0 Å². The number of ketones is 1. The highest BCUT2D eigenvalue weighted by Gasteiger charge is 2.36. The summed E-state index contributed by atoms with van der Waals surface area (Å²) in [5.41, 5.74) is 0.106. The third-order valence-corrected chi connectivity index (χ3v) is 2.76. The third-order valence-electron chi connectivity index (χ3n) is 2.76. The molecule has 16 heavy (non-hydrogen) atoms. The van der Waals surface area contributed by atoms with E-state index in [1.165, 1.54) is 0 Å². The number of rotatable bonds is 0. The summed E-state index contributed by atoms with van der Waals surface area (Å²) < 4.78 is 16.4. The minimum Gasteiger partial charge on any atom is -0.483 e. The van der Waals surface area contributed by atoms with E-state index in [2.05, 4.69) is 0 Å². The fourth-order valence-corrected chi connectivity index (χ4v) is 2.06. The van der Waals surface area contributed by atoms with Gasteiger partial charge in [0.25, 0.3) is 0 Å². The average molecular weight is 220 g/mol. The van der Waals surface area contributed by atoms with Crippen molar-refractivity contribution in [2.24, 2.45) is 0 Å². The Morgan fingerprint density at radius 3 is 2.81 bits per heavy atom. The van der Waals surface area contributed by atoms with E-state index in [1.54, 1.807) is 12.1 Å². The van der Waals surface area contributed by atoms with Gasteiger partial charge in [-0.2, -0.15) is 0 Å². The van der Waals surface area contributed by atoms with Gasteiger partial charge in [-0.15, -0.1) is 0 Å². The molecule has 0 atom stereocenters. The molecule has 4 nitrogen and oxygen atoms in total. The van der Waals surface area contributed by atoms with Crippen LogP contribution in [0.4, 0.5) is 0 Å². The topological polar surface area (TPSA) is 44.8 Å². The molecule has 0 aliphatic carbocycles. The Hall–Kier alpha value is -1.71. The van der Waals surface area contributed by atoms with Crippen LogP contribution in [0.25, 0.3) is 0 Å². The van der Waals surface area contributed by atoms with E-state index in [-0.39, 0.29) is 12.6 Å². The Morgan fingerprint density at radius 2 is 2.00 bits per heavy atom. The van der Waals surface area contributed by atoms with Crippen molar-refractivity contribution in [3.05, 3.63) is 17.7 Å². The molecule has 0 saturated heterocycles. The molecule has 0 amide bonds. The smallest absolute Gasteiger partial charge is 0.231 e. The first kappa shape index (κ1) is 9.51. The fourth-order valence-electron chi connectivity index (χ4n) is 2.06. The van der Waals surface area contributed by atoms with Crippen LogP contribution < -0.4 is 14.2 Å². The zero-order valence-electron chi connectivity index (χ0n) is 9.20. The van der Waals surface area contributed by atoms with Crippen LogP contribution in [0.5, 0.6) is 17.2 Å². The number of carbonyl (C=O) groups is 1. The van der Waals surface area contributed by atoms with Gasteiger partial charge in [0.05, 0.1) is 12.0 Å². The second kappa shape index (κ2) is 2.90. The number of fused-ring (bicyclic) bond motifs is 3. The normalized spacial score (nSPS) is 20.2. The van der Waals surface area contributed by atoms with Gasteiger partial charge in [0.1, 0.15) is 5.60 Å². The van der Waals surface area contributed by atoms with Crippen molar-refractivity contribution in [2.75, 3.05) is 6.79 Å². The van der Waals surface area contributed by atoms with Crippen LogP contribution in [0.15, 0.2) is 12.1 Å². The minimum absolute atomic E-state index is 0.0875. The second-order valence-electron chi connectivity index (χ2n) is 4.64. The van der Waals surface area contributed by atoms with Crippen LogP contribution in [0.3, 0.4) is 0 Å². The summed E-state index contributed by atoms with van der Waals surface area (Å²) in [7, 11) is 0. The van der Waals surface area contributed by atoms with Gasteiger partial charge in [-0.1, -0.05) is 0 Å². The predicted octanol–water partition coefficient (Wildman–Crippen LogP) is 2.16. The number of Topliss-reactive ketones (excluding diaryl/α,β-unsaturated/α-hetero) is 1. The number of carbonyl (C=O) groups excluding carboxylic acids is 1. The molecule has 1 aromatic rings. The largest absolute Gasteiger partial charge is 0.483 e. The molecule has 0 fully saturated rings. The SMILES string of the molecule is CC1(C)CC(=O)c2ccc3c(c2O1)OCO3. The van der Waals surface area contributed by atoms with Crippen LogP contribution in [0, 0.1) is 0 Å². The van der Waals surface area contributed by atoms with E-state index in [0.29, 0.717) is 29.2 Å². The van der Waals surface area contributed by atoms with Crippen molar-refractivity contribution in [2.45, 2.75) is 25.9 Å².